The minimum absolute atomic E-state index is 0.563. The molecule has 2 nitrogen and oxygen atoms in total. The third-order valence-electron chi connectivity index (χ3n) is 4.74. The normalized spacial score (nSPS) is 30.9. The highest BCUT2D eigenvalue weighted by molar-refractivity contribution is 8.13. The highest BCUT2D eigenvalue weighted by Gasteiger charge is 2.34. The molecular weight excluding hydrogens is 272 g/mol. The summed E-state index contributed by atoms with van der Waals surface area (Å²) in [6, 6.07) is 0. The number of amidine groups is 1. The van der Waals surface area contributed by atoms with E-state index in [4.69, 9.17) is 4.99 Å². The summed E-state index contributed by atoms with van der Waals surface area (Å²) in [6.07, 6.45) is 11.3. The Labute approximate surface area is 126 Å². The molecule has 1 saturated heterocycles. The molecule has 19 heavy (non-hydrogen) atoms. The zero-order valence-electron chi connectivity index (χ0n) is 11.8. The number of rotatable bonds is 2. The first-order chi connectivity index (χ1) is 9.36. The zero-order valence-corrected chi connectivity index (χ0v) is 13.5. The molecule has 3 rings (SSSR count). The summed E-state index contributed by atoms with van der Waals surface area (Å²) in [7, 11) is 0. The van der Waals surface area contributed by atoms with Crippen LogP contribution in [0.4, 0.5) is 0 Å². The summed E-state index contributed by atoms with van der Waals surface area (Å²) in [4.78, 5) is 4.85. The molecule has 0 aromatic rings. The third-order valence-corrected chi connectivity index (χ3v) is 7.44. The van der Waals surface area contributed by atoms with E-state index in [0.29, 0.717) is 5.41 Å². The van der Waals surface area contributed by atoms with Gasteiger partial charge in [-0.05, 0) is 36.9 Å². The summed E-state index contributed by atoms with van der Waals surface area (Å²) in [5.74, 6) is 2.66. The molecule has 2 heterocycles. The Kier molecular flexibility index (Phi) is 5.02. The Bertz CT molecular complexity index is 318. The second-order valence-corrected chi connectivity index (χ2v) is 8.71. The number of aliphatic imine (C=N–C) groups is 1. The van der Waals surface area contributed by atoms with Gasteiger partial charge >= 0.3 is 0 Å². The van der Waals surface area contributed by atoms with Crippen LogP contribution >= 0.6 is 23.5 Å². The van der Waals surface area contributed by atoms with Crippen LogP contribution in [0.3, 0.4) is 0 Å². The van der Waals surface area contributed by atoms with Gasteiger partial charge in [-0.3, -0.25) is 4.99 Å². The molecule has 1 saturated carbocycles. The number of thioether (sulfide) groups is 2. The van der Waals surface area contributed by atoms with E-state index in [-0.39, 0.29) is 0 Å². The Morgan fingerprint density at radius 3 is 2.74 bits per heavy atom. The second kappa shape index (κ2) is 6.75. The van der Waals surface area contributed by atoms with Gasteiger partial charge in [0.25, 0.3) is 0 Å². The van der Waals surface area contributed by atoms with E-state index in [1.54, 1.807) is 0 Å². The van der Waals surface area contributed by atoms with Crippen molar-refractivity contribution < 1.29 is 0 Å². The Morgan fingerprint density at radius 1 is 1.16 bits per heavy atom. The van der Waals surface area contributed by atoms with Gasteiger partial charge in [-0.15, -0.1) is 0 Å². The molecule has 0 aromatic carbocycles. The molecule has 0 radical (unpaired) electrons. The molecule has 1 N–H and O–H groups in total. The maximum Gasteiger partial charge on any atom is 0.156 e. The van der Waals surface area contributed by atoms with E-state index in [1.165, 1.54) is 68.0 Å². The van der Waals surface area contributed by atoms with Gasteiger partial charge in [-0.2, -0.15) is 11.8 Å². The van der Waals surface area contributed by atoms with Crippen molar-refractivity contribution in [2.24, 2.45) is 10.4 Å². The summed E-state index contributed by atoms with van der Waals surface area (Å²) in [5, 5.41) is 5.65. The monoisotopic (exact) mass is 298 g/mol. The van der Waals surface area contributed by atoms with E-state index >= 15 is 0 Å². The summed E-state index contributed by atoms with van der Waals surface area (Å²) in [5.41, 5.74) is 0.563. The molecule has 1 atom stereocenters. The number of nitrogens with one attached hydrogen (secondary N) is 1. The van der Waals surface area contributed by atoms with Gasteiger partial charge in [0.15, 0.2) is 5.17 Å². The van der Waals surface area contributed by atoms with Crippen molar-refractivity contribution in [1.29, 1.82) is 0 Å². The van der Waals surface area contributed by atoms with Crippen LogP contribution < -0.4 is 5.32 Å². The molecular formula is C15H26N2S2. The number of nitrogens with zero attached hydrogens (tertiary/aromatic N) is 1. The number of hydrogen-bond donors (Lipinski definition) is 1. The van der Waals surface area contributed by atoms with Gasteiger partial charge in [-0.25, -0.2) is 0 Å². The molecule has 108 valence electrons. The smallest absolute Gasteiger partial charge is 0.156 e. The largest absolute Gasteiger partial charge is 0.364 e. The minimum atomic E-state index is 0.563. The predicted octanol–water partition coefficient (Wildman–Crippen LogP) is 3.92. The minimum Gasteiger partial charge on any atom is -0.364 e. The van der Waals surface area contributed by atoms with Crippen LogP contribution in [0, 0.1) is 5.41 Å². The van der Waals surface area contributed by atoms with Crippen LogP contribution in [0.2, 0.25) is 0 Å². The first-order valence-corrected chi connectivity index (χ1v) is 9.93. The van der Waals surface area contributed by atoms with Crippen LogP contribution in [0.1, 0.15) is 51.4 Å². The lowest BCUT2D eigenvalue weighted by molar-refractivity contribution is 0.232. The maximum atomic E-state index is 4.85. The molecule has 0 amide bonds. The Morgan fingerprint density at radius 2 is 2.05 bits per heavy atom. The number of hydrogen-bond acceptors (Lipinski definition) is 4. The SMILES string of the molecule is C1CCC2(CC1)CN=C(NCC1CCCCS1)SC2. The lowest BCUT2D eigenvalue weighted by Crippen LogP contribution is -2.38. The molecule has 2 fully saturated rings. The first-order valence-electron chi connectivity index (χ1n) is 7.89. The van der Waals surface area contributed by atoms with Crippen molar-refractivity contribution in [3.05, 3.63) is 0 Å². The van der Waals surface area contributed by atoms with E-state index in [9.17, 15) is 0 Å². The third kappa shape index (κ3) is 3.84. The summed E-state index contributed by atoms with van der Waals surface area (Å²) >= 11 is 4.13. The summed E-state index contributed by atoms with van der Waals surface area (Å²) in [6.45, 7) is 2.21. The van der Waals surface area contributed by atoms with Crippen molar-refractivity contribution in [3.63, 3.8) is 0 Å². The molecule has 0 aromatic heterocycles. The lowest BCUT2D eigenvalue weighted by atomic mass is 9.75. The molecule has 0 bridgehead atoms. The maximum absolute atomic E-state index is 4.85. The van der Waals surface area contributed by atoms with E-state index in [1.807, 2.05) is 11.8 Å². The Balaban J connectivity index is 1.45. The fraction of sp³-hybridized carbons (Fsp3) is 0.933. The predicted molar refractivity (Wildman–Crippen MR) is 88.4 cm³/mol. The van der Waals surface area contributed by atoms with Crippen LogP contribution in [0.5, 0.6) is 0 Å². The van der Waals surface area contributed by atoms with E-state index in [0.717, 1.165) is 18.3 Å². The highest BCUT2D eigenvalue weighted by Crippen LogP contribution is 2.41. The fourth-order valence-electron chi connectivity index (χ4n) is 3.43. The van der Waals surface area contributed by atoms with E-state index < -0.39 is 0 Å². The van der Waals surface area contributed by atoms with Crippen molar-refractivity contribution in [2.75, 3.05) is 24.6 Å². The van der Waals surface area contributed by atoms with Crippen molar-refractivity contribution in [3.8, 4) is 0 Å². The average molecular weight is 299 g/mol. The van der Waals surface area contributed by atoms with Gasteiger partial charge in [0, 0.05) is 24.1 Å². The van der Waals surface area contributed by atoms with Gasteiger partial charge in [-0.1, -0.05) is 37.4 Å². The zero-order chi connectivity index (χ0) is 13.0. The molecule has 2 aliphatic heterocycles. The van der Waals surface area contributed by atoms with Crippen LogP contribution in [0.25, 0.3) is 0 Å². The second-order valence-electron chi connectivity index (χ2n) is 6.34. The molecule has 1 spiro atoms. The van der Waals surface area contributed by atoms with E-state index in [2.05, 4.69) is 17.1 Å². The van der Waals surface area contributed by atoms with Crippen molar-refractivity contribution in [2.45, 2.75) is 56.6 Å². The molecule has 4 heteroatoms. The Hall–Kier alpha value is 0.170. The van der Waals surface area contributed by atoms with Crippen LogP contribution in [-0.4, -0.2) is 35.0 Å². The van der Waals surface area contributed by atoms with Crippen LogP contribution in [0.15, 0.2) is 4.99 Å². The van der Waals surface area contributed by atoms with Gasteiger partial charge in [0.2, 0.25) is 0 Å². The molecule has 3 aliphatic rings. The fourth-order valence-corrected chi connectivity index (χ4v) is 5.84. The molecule has 1 unspecified atom stereocenters. The standard InChI is InChI=1S/C15H26N2S2/c1-3-7-15(8-4-1)11-17-14(19-12-15)16-10-13-6-2-5-9-18-13/h13H,1-12H2,(H,16,17). The quantitative estimate of drug-likeness (QED) is 0.836. The molecule has 1 aliphatic carbocycles. The average Bonchev–Trinajstić information content (AvgIpc) is 2.49. The highest BCUT2D eigenvalue weighted by atomic mass is 32.2. The van der Waals surface area contributed by atoms with Gasteiger partial charge in [0.1, 0.15) is 0 Å². The topological polar surface area (TPSA) is 24.4 Å². The van der Waals surface area contributed by atoms with Gasteiger partial charge in [0.05, 0.1) is 0 Å². The van der Waals surface area contributed by atoms with Crippen molar-refractivity contribution in [1.82, 2.24) is 5.32 Å². The summed E-state index contributed by atoms with van der Waals surface area (Å²) < 4.78 is 0. The van der Waals surface area contributed by atoms with Crippen molar-refractivity contribution >= 4 is 28.7 Å². The van der Waals surface area contributed by atoms with Crippen LogP contribution in [-0.2, 0) is 0 Å². The lowest BCUT2D eigenvalue weighted by Gasteiger charge is -2.38. The first kappa shape index (κ1) is 14.1. The van der Waals surface area contributed by atoms with Gasteiger partial charge < -0.3 is 5.32 Å².